The highest BCUT2D eigenvalue weighted by molar-refractivity contribution is 7.22. The molecule has 0 N–H and O–H groups in total. The van der Waals surface area contributed by atoms with Crippen LogP contribution in [0.3, 0.4) is 0 Å². The molecular formula is C24H27N3O4S. The van der Waals surface area contributed by atoms with E-state index in [4.69, 9.17) is 14.5 Å². The third-order valence-electron chi connectivity index (χ3n) is 5.59. The van der Waals surface area contributed by atoms with Gasteiger partial charge in [-0.05, 0) is 32.1 Å². The molecule has 2 heterocycles. The lowest BCUT2D eigenvalue weighted by atomic mass is 10.1. The van der Waals surface area contributed by atoms with E-state index in [1.165, 1.54) is 18.3 Å². The number of rotatable bonds is 8. The van der Waals surface area contributed by atoms with E-state index in [2.05, 4.69) is 18.7 Å². The first-order chi connectivity index (χ1) is 15.5. The van der Waals surface area contributed by atoms with E-state index >= 15 is 0 Å². The van der Waals surface area contributed by atoms with E-state index in [-0.39, 0.29) is 11.7 Å². The summed E-state index contributed by atoms with van der Waals surface area (Å²) in [6.45, 7) is 9.85. The van der Waals surface area contributed by atoms with Crippen LogP contribution in [0, 0.1) is 0 Å². The zero-order valence-electron chi connectivity index (χ0n) is 18.6. The highest BCUT2D eigenvalue weighted by Crippen LogP contribution is 2.39. The van der Waals surface area contributed by atoms with Crippen molar-refractivity contribution in [1.29, 1.82) is 0 Å². The molecule has 1 aromatic heterocycles. The zero-order valence-corrected chi connectivity index (χ0v) is 19.4. The smallest absolute Gasteiger partial charge is 0.260 e. The van der Waals surface area contributed by atoms with Crippen molar-refractivity contribution in [2.75, 3.05) is 44.3 Å². The molecule has 0 saturated heterocycles. The maximum Gasteiger partial charge on any atom is 0.260 e. The Morgan fingerprint density at radius 3 is 2.22 bits per heavy atom. The minimum absolute atomic E-state index is 0.0260. The molecule has 1 amide bonds. The van der Waals surface area contributed by atoms with E-state index in [0.29, 0.717) is 47.5 Å². The molecule has 0 fully saturated rings. The molecule has 1 aliphatic heterocycles. The predicted octanol–water partition coefficient (Wildman–Crippen LogP) is 4.26. The summed E-state index contributed by atoms with van der Waals surface area (Å²) in [5.74, 6) is 1.23. The topological polar surface area (TPSA) is 72.0 Å². The van der Waals surface area contributed by atoms with Crippen molar-refractivity contribution >= 4 is 38.4 Å². The first kappa shape index (κ1) is 22.2. The number of carbonyl (C=O) groups excluding carboxylic acids is 2. The van der Waals surface area contributed by atoms with Gasteiger partial charge in [0.05, 0.1) is 10.2 Å². The van der Waals surface area contributed by atoms with Gasteiger partial charge < -0.3 is 14.4 Å². The quantitative estimate of drug-likeness (QED) is 0.475. The number of thiazole rings is 1. The summed E-state index contributed by atoms with van der Waals surface area (Å²) in [5.41, 5.74) is 1.89. The molecule has 8 heteroatoms. The number of anilines is 1. The van der Waals surface area contributed by atoms with Gasteiger partial charge in [-0.1, -0.05) is 37.3 Å². The molecule has 7 nitrogen and oxygen atoms in total. The fourth-order valence-electron chi connectivity index (χ4n) is 3.64. The van der Waals surface area contributed by atoms with E-state index in [0.717, 1.165) is 29.9 Å². The van der Waals surface area contributed by atoms with Crippen LogP contribution in [0.15, 0.2) is 36.4 Å². The van der Waals surface area contributed by atoms with Crippen molar-refractivity contribution in [3.63, 3.8) is 0 Å². The Morgan fingerprint density at radius 1 is 0.969 bits per heavy atom. The summed E-state index contributed by atoms with van der Waals surface area (Å²) in [6, 6.07) is 10.6. The van der Waals surface area contributed by atoms with Gasteiger partial charge in [-0.3, -0.25) is 14.5 Å². The first-order valence-corrected chi connectivity index (χ1v) is 11.7. The van der Waals surface area contributed by atoms with Gasteiger partial charge in [-0.25, -0.2) is 4.98 Å². The molecule has 0 atom stereocenters. The van der Waals surface area contributed by atoms with Crippen LogP contribution in [-0.4, -0.2) is 61.0 Å². The van der Waals surface area contributed by atoms with Crippen LogP contribution < -0.4 is 14.4 Å². The Kier molecular flexibility index (Phi) is 6.72. The molecule has 0 saturated carbocycles. The number of ether oxygens (including phenoxy) is 2. The number of benzene rings is 2. The summed E-state index contributed by atoms with van der Waals surface area (Å²) in [6.07, 6.45) is 0. The largest absolute Gasteiger partial charge is 0.486 e. The first-order valence-electron chi connectivity index (χ1n) is 10.9. The van der Waals surface area contributed by atoms with Crippen molar-refractivity contribution < 1.29 is 19.1 Å². The van der Waals surface area contributed by atoms with Gasteiger partial charge in [0, 0.05) is 36.3 Å². The molecule has 0 radical (unpaired) electrons. The van der Waals surface area contributed by atoms with Gasteiger partial charge in [0.25, 0.3) is 5.91 Å². The van der Waals surface area contributed by atoms with Gasteiger partial charge in [0.1, 0.15) is 13.2 Å². The Hall–Kier alpha value is -2.97. The third kappa shape index (κ3) is 4.61. The van der Waals surface area contributed by atoms with Crippen molar-refractivity contribution in [3.8, 4) is 11.5 Å². The molecule has 0 aliphatic carbocycles. The zero-order chi connectivity index (χ0) is 22.7. The fourth-order valence-corrected chi connectivity index (χ4v) is 4.64. The lowest BCUT2D eigenvalue weighted by molar-refractivity contribution is 0.0980. The minimum Gasteiger partial charge on any atom is -0.486 e. The lowest BCUT2D eigenvalue weighted by Gasteiger charge is -2.24. The molecule has 168 valence electrons. The summed E-state index contributed by atoms with van der Waals surface area (Å²) >= 11 is 1.46. The Balaban J connectivity index is 1.68. The average Bonchev–Trinajstić information content (AvgIpc) is 3.22. The maximum atomic E-state index is 13.5. The van der Waals surface area contributed by atoms with Gasteiger partial charge in [-0.2, -0.15) is 0 Å². The van der Waals surface area contributed by atoms with Crippen LogP contribution in [0.2, 0.25) is 0 Å². The molecule has 1 aliphatic rings. The standard InChI is InChI=1S/C24H27N3O4S/c1-4-26(5-2)10-11-27(23(29)18-8-6-17(7-9-18)16(3)28)24-25-19-14-20-21(15-22(19)32-24)31-13-12-30-20/h6-9,14-15H,4-5,10-13H2,1-3H3. The third-order valence-corrected chi connectivity index (χ3v) is 6.63. The number of ketones is 1. The molecular weight excluding hydrogens is 426 g/mol. The Morgan fingerprint density at radius 2 is 1.59 bits per heavy atom. The molecule has 3 aromatic rings. The highest BCUT2D eigenvalue weighted by Gasteiger charge is 2.23. The Bertz CT molecular complexity index is 1080. The second kappa shape index (κ2) is 9.67. The highest BCUT2D eigenvalue weighted by atomic mass is 32.1. The van der Waals surface area contributed by atoms with Crippen LogP contribution in [-0.2, 0) is 0 Å². The average molecular weight is 454 g/mol. The van der Waals surface area contributed by atoms with Gasteiger partial charge in [-0.15, -0.1) is 0 Å². The molecule has 0 spiro atoms. The number of Topliss-reactive ketones (excluding diaryl/α,β-unsaturated/α-hetero) is 1. The summed E-state index contributed by atoms with van der Waals surface area (Å²) in [5, 5.41) is 0.634. The number of likely N-dealkylation sites (N-methyl/N-ethyl adjacent to an activating group) is 1. The van der Waals surface area contributed by atoms with Gasteiger partial charge >= 0.3 is 0 Å². The van der Waals surface area contributed by atoms with Crippen LogP contribution in [0.5, 0.6) is 11.5 Å². The van der Waals surface area contributed by atoms with Gasteiger partial charge in [0.2, 0.25) is 0 Å². The monoisotopic (exact) mass is 453 g/mol. The number of nitrogens with zero attached hydrogens (tertiary/aromatic N) is 3. The number of carbonyl (C=O) groups is 2. The molecule has 4 rings (SSSR count). The maximum absolute atomic E-state index is 13.5. The number of aromatic nitrogens is 1. The summed E-state index contributed by atoms with van der Waals surface area (Å²) in [7, 11) is 0. The van der Waals surface area contributed by atoms with Crippen LogP contribution in [0.1, 0.15) is 41.5 Å². The number of hydrogen-bond donors (Lipinski definition) is 0. The molecule has 2 aromatic carbocycles. The van der Waals surface area contributed by atoms with Crippen molar-refractivity contribution in [3.05, 3.63) is 47.5 Å². The second-order valence-corrected chi connectivity index (χ2v) is 8.59. The van der Waals surface area contributed by atoms with E-state index in [9.17, 15) is 9.59 Å². The summed E-state index contributed by atoms with van der Waals surface area (Å²) < 4.78 is 12.3. The van der Waals surface area contributed by atoms with Crippen LogP contribution >= 0.6 is 11.3 Å². The number of hydrogen-bond acceptors (Lipinski definition) is 7. The van der Waals surface area contributed by atoms with Crippen LogP contribution in [0.4, 0.5) is 5.13 Å². The van der Waals surface area contributed by atoms with E-state index in [1.54, 1.807) is 29.2 Å². The SMILES string of the molecule is CCN(CC)CCN(C(=O)c1ccc(C(C)=O)cc1)c1nc2cc3c(cc2s1)OCCO3. The van der Waals surface area contributed by atoms with E-state index < -0.39 is 0 Å². The van der Waals surface area contributed by atoms with Gasteiger partial charge in [0.15, 0.2) is 22.4 Å². The minimum atomic E-state index is -0.136. The second-order valence-electron chi connectivity index (χ2n) is 7.58. The molecule has 32 heavy (non-hydrogen) atoms. The number of fused-ring (bicyclic) bond motifs is 2. The molecule has 0 bridgehead atoms. The number of amides is 1. The molecule has 0 unspecified atom stereocenters. The fraction of sp³-hybridized carbons (Fsp3) is 0.375. The lowest BCUT2D eigenvalue weighted by Crippen LogP contribution is -2.38. The summed E-state index contributed by atoms with van der Waals surface area (Å²) in [4.78, 5) is 33.9. The normalized spacial score (nSPS) is 12.9. The van der Waals surface area contributed by atoms with Crippen molar-refractivity contribution in [2.24, 2.45) is 0 Å². The Labute approximate surface area is 191 Å². The van der Waals surface area contributed by atoms with Crippen molar-refractivity contribution in [1.82, 2.24) is 9.88 Å². The predicted molar refractivity (Wildman–Crippen MR) is 127 cm³/mol. The van der Waals surface area contributed by atoms with Crippen molar-refractivity contribution in [2.45, 2.75) is 20.8 Å². The van der Waals surface area contributed by atoms with E-state index in [1.807, 2.05) is 12.1 Å². The van der Waals surface area contributed by atoms with Crippen LogP contribution in [0.25, 0.3) is 10.2 Å².